The average Bonchev–Trinajstić information content (AvgIpc) is 2.82. The summed E-state index contributed by atoms with van der Waals surface area (Å²) in [4.78, 5) is 15.0. The Morgan fingerprint density at radius 2 is 2.14 bits per heavy atom. The quantitative estimate of drug-likeness (QED) is 0.904. The Labute approximate surface area is 126 Å². The molecule has 0 fully saturated rings. The number of sulfone groups is 1. The first-order chi connectivity index (χ1) is 9.83. The molecule has 0 saturated carbocycles. The first-order valence-corrected chi connectivity index (χ1v) is 8.42. The molecule has 0 aliphatic carbocycles. The van der Waals surface area contributed by atoms with Crippen LogP contribution in [0.4, 0.5) is 0 Å². The van der Waals surface area contributed by atoms with Crippen molar-refractivity contribution in [2.24, 2.45) is 0 Å². The first kappa shape index (κ1) is 15.5. The topological polar surface area (TPSA) is 93.6 Å². The van der Waals surface area contributed by atoms with Crippen molar-refractivity contribution in [3.8, 4) is 5.75 Å². The third kappa shape index (κ3) is 3.40. The van der Waals surface area contributed by atoms with Gasteiger partial charge in [0.05, 0.1) is 29.1 Å². The van der Waals surface area contributed by atoms with Gasteiger partial charge in [-0.1, -0.05) is 0 Å². The van der Waals surface area contributed by atoms with E-state index < -0.39 is 15.8 Å². The maximum absolute atomic E-state index is 12.5. The van der Waals surface area contributed by atoms with Crippen LogP contribution >= 0.6 is 11.3 Å². The van der Waals surface area contributed by atoms with Gasteiger partial charge in [0.15, 0.2) is 9.84 Å². The van der Waals surface area contributed by atoms with Gasteiger partial charge in [-0.15, -0.1) is 11.3 Å². The van der Waals surface area contributed by atoms with Crippen molar-refractivity contribution in [3.63, 3.8) is 0 Å². The molecule has 8 heteroatoms. The van der Waals surface area contributed by atoms with Crippen LogP contribution in [0.5, 0.6) is 5.75 Å². The van der Waals surface area contributed by atoms with Crippen LogP contribution in [0.1, 0.15) is 21.1 Å². The van der Waals surface area contributed by atoms with Crippen LogP contribution in [0.3, 0.4) is 0 Å². The molecule has 0 amide bonds. The average molecular weight is 327 g/mol. The zero-order valence-electron chi connectivity index (χ0n) is 11.4. The number of thiazole rings is 1. The predicted molar refractivity (Wildman–Crippen MR) is 77.7 cm³/mol. The van der Waals surface area contributed by atoms with Gasteiger partial charge in [0, 0.05) is 5.38 Å². The number of carboxylic acid groups (broad SMARTS) is 1. The number of rotatable bonds is 5. The third-order valence-electron chi connectivity index (χ3n) is 2.75. The van der Waals surface area contributed by atoms with Gasteiger partial charge >= 0.3 is 5.97 Å². The lowest BCUT2D eigenvalue weighted by atomic mass is 10.2. The van der Waals surface area contributed by atoms with Gasteiger partial charge in [0.1, 0.15) is 10.6 Å². The number of nitrogens with zero attached hydrogens (tertiary/aromatic N) is 1. The van der Waals surface area contributed by atoms with Gasteiger partial charge in [0.25, 0.3) is 0 Å². The Hall–Kier alpha value is -1.93. The van der Waals surface area contributed by atoms with Gasteiger partial charge in [-0.3, -0.25) is 0 Å². The zero-order chi connectivity index (χ0) is 15.6. The minimum Gasteiger partial charge on any atom is -0.495 e. The second-order valence-electron chi connectivity index (χ2n) is 4.29. The number of hydrogen-bond donors (Lipinski definition) is 1. The second kappa shape index (κ2) is 5.82. The summed E-state index contributed by atoms with van der Waals surface area (Å²) < 4.78 is 29.9. The van der Waals surface area contributed by atoms with Crippen LogP contribution < -0.4 is 4.74 Å². The van der Waals surface area contributed by atoms with E-state index in [0.29, 0.717) is 5.69 Å². The van der Waals surface area contributed by atoms with Crippen molar-refractivity contribution in [2.75, 3.05) is 7.11 Å². The summed E-state index contributed by atoms with van der Waals surface area (Å²) in [5.41, 5.74) is 0.323. The molecule has 1 aromatic heterocycles. The SMILES string of the molecule is COc1ccc(C(=O)O)cc1S(=O)(=O)Cc1csc(C)n1. The first-order valence-electron chi connectivity index (χ1n) is 5.88. The van der Waals surface area contributed by atoms with Crippen molar-refractivity contribution < 1.29 is 23.1 Å². The van der Waals surface area contributed by atoms with Gasteiger partial charge < -0.3 is 9.84 Å². The molecule has 0 spiro atoms. The monoisotopic (exact) mass is 327 g/mol. The van der Waals surface area contributed by atoms with E-state index in [-0.39, 0.29) is 22.0 Å². The van der Waals surface area contributed by atoms with E-state index in [1.165, 1.54) is 30.6 Å². The lowest BCUT2D eigenvalue weighted by Crippen LogP contribution is -2.09. The molecule has 0 unspecified atom stereocenters. The van der Waals surface area contributed by atoms with E-state index >= 15 is 0 Å². The highest BCUT2D eigenvalue weighted by Gasteiger charge is 2.23. The highest BCUT2D eigenvalue weighted by molar-refractivity contribution is 7.90. The Bertz CT molecular complexity index is 780. The van der Waals surface area contributed by atoms with Crippen LogP contribution in [0, 0.1) is 6.92 Å². The zero-order valence-corrected chi connectivity index (χ0v) is 13.0. The number of carbonyl (C=O) groups is 1. The lowest BCUT2D eigenvalue weighted by molar-refractivity contribution is 0.0696. The van der Waals surface area contributed by atoms with Gasteiger partial charge in [-0.2, -0.15) is 0 Å². The van der Waals surface area contributed by atoms with Crippen LogP contribution in [0.15, 0.2) is 28.5 Å². The van der Waals surface area contributed by atoms with Crippen LogP contribution in [0.25, 0.3) is 0 Å². The fourth-order valence-electron chi connectivity index (χ4n) is 1.80. The molecule has 0 atom stereocenters. The highest BCUT2D eigenvalue weighted by atomic mass is 32.2. The summed E-state index contributed by atoms with van der Waals surface area (Å²) >= 11 is 1.36. The van der Waals surface area contributed by atoms with Gasteiger partial charge in [0.2, 0.25) is 0 Å². The Kier molecular flexibility index (Phi) is 4.29. The molecular weight excluding hydrogens is 314 g/mol. The minimum absolute atomic E-state index is 0.108. The number of methoxy groups -OCH3 is 1. The molecule has 0 aliphatic rings. The standard InChI is InChI=1S/C13H13NO5S2/c1-8-14-10(6-20-8)7-21(17,18)12-5-9(13(15)16)3-4-11(12)19-2/h3-6H,7H2,1-2H3,(H,15,16). The molecular formula is C13H13NO5S2. The normalized spacial score (nSPS) is 11.3. The Balaban J connectivity index is 2.47. The van der Waals surface area contributed by atoms with E-state index in [9.17, 15) is 13.2 Å². The summed E-state index contributed by atoms with van der Waals surface area (Å²) in [7, 11) is -2.41. The second-order valence-corrected chi connectivity index (χ2v) is 7.31. The lowest BCUT2D eigenvalue weighted by Gasteiger charge is -2.09. The molecule has 0 aliphatic heterocycles. The summed E-state index contributed by atoms with van der Waals surface area (Å²) in [5, 5.41) is 11.4. The van der Waals surface area contributed by atoms with Crippen molar-refractivity contribution in [1.82, 2.24) is 4.98 Å². The molecule has 0 radical (unpaired) electrons. The Morgan fingerprint density at radius 3 is 2.67 bits per heavy atom. The summed E-state index contributed by atoms with van der Waals surface area (Å²) in [5.74, 6) is -1.37. The molecule has 2 rings (SSSR count). The predicted octanol–water partition coefficient (Wildman–Crippen LogP) is 2.13. The largest absolute Gasteiger partial charge is 0.495 e. The molecule has 2 aromatic rings. The number of aryl methyl sites for hydroxylation is 1. The smallest absolute Gasteiger partial charge is 0.335 e. The molecule has 1 heterocycles. The molecule has 21 heavy (non-hydrogen) atoms. The van der Waals surface area contributed by atoms with Gasteiger partial charge in [-0.05, 0) is 25.1 Å². The van der Waals surface area contributed by atoms with Crippen LogP contribution in [-0.2, 0) is 15.6 Å². The van der Waals surface area contributed by atoms with E-state index in [1.54, 1.807) is 12.3 Å². The van der Waals surface area contributed by atoms with Crippen molar-refractivity contribution in [2.45, 2.75) is 17.6 Å². The molecule has 1 aromatic carbocycles. The molecule has 6 nitrogen and oxygen atoms in total. The molecule has 112 valence electrons. The molecule has 0 bridgehead atoms. The van der Waals surface area contributed by atoms with Gasteiger partial charge in [-0.25, -0.2) is 18.2 Å². The number of aromatic carboxylic acids is 1. The number of carboxylic acids is 1. The van der Waals surface area contributed by atoms with Crippen molar-refractivity contribution >= 4 is 27.1 Å². The third-order valence-corrected chi connectivity index (χ3v) is 5.24. The Morgan fingerprint density at radius 1 is 1.43 bits per heavy atom. The van der Waals surface area contributed by atoms with E-state index in [0.717, 1.165) is 11.1 Å². The maximum Gasteiger partial charge on any atom is 0.335 e. The summed E-state index contributed by atoms with van der Waals surface area (Å²) in [6.07, 6.45) is 0. The van der Waals surface area contributed by atoms with E-state index in [2.05, 4.69) is 4.98 Å². The highest BCUT2D eigenvalue weighted by Crippen LogP contribution is 2.28. The van der Waals surface area contributed by atoms with E-state index in [1.807, 2.05) is 0 Å². The molecule has 0 saturated heterocycles. The summed E-state index contributed by atoms with van der Waals surface area (Å²) in [6, 6.07) is 3.74. The number of aromatic nitrogens is 1. The van der Waals surface area contributed by atoms with Crippen molar-refractivity contribution in [3.05, 3.63) is 39.8 Å². The number of ether oxygens (including phenoxy) is 1. The van der Waals surface area contributed by atoms with E-state index in [4.69, 9.17) is 9.84 Å². The maximum atomic E-state index is 12.5. The number of benzene rings is 1. The molecule has 1 N–H and O–H groups in total. The summed E-state index contributed by atoms with van der Waals surface area (Å²) in [6.45, 7) is 1.78. The van der Waals surface area contributed by atoms with Crippen LogP contribution in [-0.4, -0.2) is 31.6 Å². The number of hydrogen-bond acceptors (Lipinski definition) is 6. The van der Waals surface area contributed by atoms with Crippen LogP contribution in [0.2, 0.25) is 0 Å². The fourth-order valence-corrected chi connectivity index (χ4v) is 3.98. The fraction of sp³-hybridized carbons (Fsp3) is 0.231. The minimum atomic E-state index is -3.74. The van der Waals surface area contributed by atoms with Crippen molar-refractivity contribution in [1.29, 1.82) is 0 Å².